The molecule has 5 nitrogen and oxygen atoms in total. The summed E-state index contributed by atoms with van der Waals surface area (Å²) in [5.41, 5.74) is 12.6. The number of hydrogen-bond acceptors (Lipinski definition) is 5. The number of allylic oxidation sites excluding steroid dienone is 4. The van der Waals surface area contributed by atoms with E-state index in [9.17, 15) is 14.4 Å². The van der Waals surface area contributed by atoms with Gasteiger partial charge in [-0.2, -0.15) is 0 Å². The molecule has 0 amide bonds. The van der Waals surface area contributed by atoms with Crippen LogP contribution in [0.5, 0.6) is 0 Å². The second kappa shape index (κ2) is 18.8. The van der Waals surface area contributed by atoms with Crippen LogP contribution in [0.2, 0.25) is 0 Å². The molecule has 0 bridgehead atoms. The molecule has 2 atom stereocenters. The normalized spacial score (nSPS) is 18.9. The van der Waals surface area contributed by atoms with Gasteiger partial charge in [0.05, 0.1) is 0 Å². The van der Waals surface area contributed by atoms with Crippen LogP contribution in [0.15, 0.2) is 194 Å². The summed E-state index contributed by atoms with van der Waals surface area (Å²) in [6.07, 6.45) is 17.8. The Morgan fingerprint density at radius 2 is 0.712 bits per heavy atom. The fourth-order valence-corrected chi connectivity index (χ4v) is 10.8. The van der Waals surface area contributed by atoms with Crippen molar-refractivity contribution in [2.24, 2.45) is 0 Å². The molecule has 6 aromatic carbocycles. The van der Waals surface area contributed by atoms with Crippen molar-refractivity contribution in [3.8, 4) is 0 Å². The third-order valence-electron chi connectivity index (χ3n) is 14.4. The molecule has 4 aliphatic rings. The minimum Gasteiger partial charge on any atom is -0.350 e. The fourth-order valence-electron chi connectivity index (χ4n) is 10.8. The predicted octanol–water partition coefficient (Wildman–Crippen LogP) is 13.8. The van der Waals surface area contributed by atoms with Crippen LogP contribution in [0.3, 0.4) is 0 Å². The van der Waals surface area contributed by atoms with Crippen LogP contribution in [0, 0.1) is 13.8 Å². The Bertz CT molecular complexity index is 2690. The highest BCUT2D eigenvalue weighted by Crippen LogP contribution is 2.47. The average molecular weight is 865 g/mol. The lowest BCUT2D eigenvalue weighted by atomic mass is 9.76. The van der Waals surface area contributed by atoms with E-state index >= 15 is 0 Å². The largest absolute Gasteiger partial charge is 0.350 e. The molecule has 0 radical (unpaired) electrons. The molecule has 0 saturated heterocycles. The quantitative estimate of drug-likeness (QED) is 0.115. The lowest BCUT2D eigenvalue weighted by Gasteiger charge is -2.35. The summed E-state index contributed by atoms with van der Waals surface area (Å²) < 4.78 is 0. The Labute approximate surface area is 389 Å². The first-order chi connectivity index (χ1) is 32.3. The summed E-state index contributed by atoms with van der Waals surface area (Å²) in [7, 11) is 0. The second-order valence-electron chi connectivity index (χ2n) is 18.6. The van der Waals surface area contributed by atoms with Gasteiger partial charge in [-0.25, -0.2) is 0 Å². The van der Waals surface area contributed by atoms with E-state index in [2.05, 4.69) is 109 Å². The van der Waals surface area contributed by atoms with Gasteiger partial charge in [0, 0.05) is 82.1 Å². The molecule has 0 aromatic heterocycles. The molecule has 2 unspecified atom stereocenters. The average Bonchev–Trinajstić information content (AvgIpc) is 4.13. The summed E-state index contributed by atoms with van der Waals surface area (Å²) in [6.45, 7) is 4.24. The molecule has 10 rings (SSSR count). The topological polar surface area (TPSA) is 57.7 Å². The maximum atomic E-state index is 14.6. The molecular weight excluding hydrogens is 809 g/mol. The summed E-state index contributed by atoms with van der Waals surface area (Å²) in [6, 6.07) is 52.6. The summed E-state index contributed by atoms with van der Waals surface area (Å²) in [5.74, 6) is -0.571. The van der Waals surface area contributed by atoms with Crippen molar-refractivity contribution in [1.29, 1.82) is 0 Å². The lowest BCUT2D eigenvalue weighted by Crippen LogP contribution is -2.30. The van der Waals surface area contributed by atoms with E-state index < -0.39 is 0 Å². The molecule has 66 heavy (non-hydrogen) atoms. The van der Waals surface area contributed by atoms with Crippen molar-refractivity contribution in [2.45, 2.75) is 89.1 Å². The second-order valence-corrected chi connectivity index (χ2v) is 18.6. The zero-order valence-electron chi connectivity index (χ0n) is 37.9. The van der Waals surface area contributed by atoms with E-state index in [1.54, 1.807) is 0 Å². The molecule has 0 N–H and O–H groups in total. The SMILES string of the molecule is Cc1ccccc1C1C(C(=O)c2ccccc2)=CN(C2CCCC2)C=C1c1ccc(C(=O)c2ccc(C3=CN(C4CCCC4)C=C(C(=O)c4ccccc4)C3c3ccccc3C)cc2)cc1. The van der Waals surface area contributed by atoms with E-state index in [0.29, 0.717) is 34.3 Å². The van der Waals surface area contributed by atoms with Crippen LogP contribution in [-0.2, 0) is 0 Å². The molecule has 2 heterocycles. The lowest BCUT2D eigenvalue weighted by molar-refractivity contribution is 0.101. The Kier molecular flexibility index (Phi) is 12.2. The molecule has 2 aliphatic carbocycles. The van der Waals surface area contributed by atoms with Gasteiger partial charge in [0.1, 0.15) is 0 Å². The first kappa shape index (κ1) is 42.8. The molecule has 2 aliphatic heterocycles. The van der Waals surface area contributed by atoms with Crippen molar-refractivity contribution in [2.75, 3.05) is 0 Å². The van der Waals surface area contributed by atoms with Crippen LogP contribution in [0.4, 0.5) is 0 Å². The minimum atomic E-state index is -0.286. The van der Waals surface area contributed by atoms with Crippen LogP contribution in [0.25, 0.3) is 11.1 Å². The number of Topliss-reactive ketones (excluding diaryl/α,β-unsaturated/α-hetero) is 2. The van der Waals surface area contributed by atoms with Gasteiger partial charge in [0.25, 0.3) is 0 Å². The molecule has 2 fully saturated rings. The van der Waals surface area contributed by atoms with Gasteiger partial charge in [-0.05, 0) is 84.1 Å². The van der Waals surface area contributed by atoms with E-state index in [1.165, 1.54) is 25.7 Å². The highest BCUT2D eigenvalue weighted by Gasteiger charge is 2.37. The van der Waals surface area contributed by atoms with Gasteiger partial charge in [-0.3, -0.25) is 14.4 Å². The minimum absolute atomic E-state index is 0.0307. The number of carbonyl (C=O) groups excluding carboxylic acids is 3. The smallest absolute Gasteiger partial charge is 0.193 e. The Morgan fingerprint density at radius 3 is 1.08 bits per heavy atom. The Hall–Kier alpha value is -7.11. The monoisotopic (exact) mass is 864 g/mol. The number of hydrogen-bond donors (Lipinski definition) is 0. The zero-order chi connectivity index (χ0) is 45.1. The van der Waals surface area contributed by atoms with Crippen molar-refractivity contribution >= 4 is 28.5 Å². The predicted molar refractivity (Wildman–Crippen MR) is 266 cm³/mol. The number of nitrogens with zero attached hydrogens (tertiary/aromatic N) is 2. The number of carbonyl (C=O) groups is 3. The van der Waals surface area contributed by atoms with Gasteiger partial charge in [-0.1, -0.05) is 183 Å². The molecule has 0 spiro atoms. The fraction of sp³-hybridized carbons (Fsp3) is 0.230. The van der Waals surface area contributed by atoms with Crippen molar-refractivity contribution in [3.05, 3.63) is 249 Å². The maximum absolute atomic E-state index is 14.6. The number of rotatable bonds is 12. The Balaban J connectivity index is 0.983. The van der Waals surface area contributed by atoms with E-state index in [4.69, 9.17) is 0 Å². The molecule has 6 aromatic rings. The van der Waals surface area contributed by atoms with Crippen molar-refractivity contribution < 1.29 is 14.4 Å². The van der Waals surface area contributed by atoms with Gasteiger partial charge >= 0.3 is 0 Å². The van der Waals surface area contributed by atoms with E-state index in [1.807, 2.05) is 97.1 Å². The molecular formula is C61H56N2O3. The Morgan fingerprint density at radius 1 is 0.379 bits per heavy atom. The maximum Gasteiger partial charge on any atom is 0.193 e. The van der Waals surface area contributed by atoms with E-state index in [0.717, 1.165) is 81.4 Å². The number of aryl methyl sites for hydroxylation is 2. The number of ketones is 3. The third-order valence-corrected chi connectivity index (χ3v) is 14.4. The summed E-state index contributed by atoms with van der Waals surface area (Å²) >= 11 is 0. The highest BCUT2D eigenvalue weighted by molar-refractivity contribution is 6.13. The highest BCUT2D eigenvalue weighted by atomic mass is 16.1. The summed E-state index contributed by atoms with van der Waals surface area (Å²) in [5, 5.41) is 0. The third kappa shape index (κ3) is 8.47. The van der Waals surface area contributed by atoms with Crippen LogP contribution >= 0.6 is 0 Å². The van der Waals surface area contributed by atoms with Gasteiger partial charge in [0.15, 0.2) is 17.3 Å². The standard InChI is InChI=1S/C61H56N2O3/c1-41-17-9-15-27-51(41)57-53(37-62(49-23-11-12-24-49)39-55(57)60(65)45-19-5-3-6-20-45)43-29-33-47(34-30-43)59(64)48-35-31-44(32-36-48)54-38-63(50-25-13-14-26-50)40-56(61(66)46-21-7-4-8-22-46)58(54)52-28-16-10-18-42(52)2/h3-10,15-22,27-40,49-50,57-58H,11-14,23-26H2,1-2H3. The zero-order valence-corrected chi connectivity index (χ0v) is 37.9. The van der Waals surface area contributed by atoms with Crippen molar-refractivity contribution in [1.82, 2.24) is 9.80 Å². The van der Waals surface area contributed by atoms with Crippen LogP contribution in [0.1, 0.15) is 133 Å². The van der Waals surface area contributed by atoms with Gasteiger partial charge in [-0.15, -0.1) is 0 Å². The van der Waals surface area contributed by atoms with Crippen molar-refractivity contribution in [3.63, 3.8) is 0 Å². The van der Waals surface area contributed by atoms with Crippen LogP contribution in [-0.4, -0.2) is 39.2 Å². The van der Waals surface area contributed by atoms with Crippen LogP contribution < -0.4 is 0 Å². The number of benzene rings is 6. The molecule has 5 heteroatoms. The summed E-state index contributed by atoms with van der Waals surface area (Å²) in [4.78, 5) is 48.1. The molecule has 2 saturated carbocycles. The van der Waals surface area contributed by atoms with E-state index in [-0.39, 0.29) is 29.2 Å². The van der Waals surface area contributed by atoms with Gasteiger partial charge < -0.3 is 9.80 Å². The first-order valence-corrected chi connectivity index (χ1v) is 23.8. The van der Waals surface area contributed by atoms with Gasteiger partial charge in [0.2, 0.25) is 0 Å². The molecule has 328 valence electrons. The first-order valence-electron chi connectivity index (χ1n) is 23.8.